The van der Waals surface area contributed by atoms with Crippen LogP contribution in [0.4, 0.5) is 0 Å². The molecule has 0 spiro atoms. The highest BCUT2D eigenvalue weighted by atomic mass is 16.3. The molecule has 0 N–H and O–H groups in total. The van der Waals surface area contributed by atoms with Crippen molar-refractivity contribution in [2.45, 2.75) is 19.3 Å². The number of benzene rings is 9. The number of hydrogen-bond acceptors (Lipinski definition) is 3. The Morgan fingerprint density at radius 1 is 0.443 bits per heavy atom. The normalized spacial score (nSPS) is 13.2. The maximum Gasteiger partial charge on any atom is 0.235 e. The molecule has 286 valence electrons. The van der Waals surface area contributed by atoms with E-state index in [1.807, 2.05) is 12.1 Å². The quantitative estimate of drug-likeness (QED) is 0.179. The van der Waals surface area contributed by atoms with E-state index in [4.69, 9.17) is 14.4 Å². The minimum Gasteiger partial charge on any atom is -0.455 e. The fourth-order valence-electron chi connectivity index (χ4n) is 10.2. The lowest BCUT2D eigenvalue weighted by molar-refractivity contribution is 0.660. The fraction of sp³-hybridized carbons (Fsp3) is 0.0526. The summed E-state index contributed by atoms with van der Waals surface area (Å²) >= 11 is 0. The van der Waals surface area contributed by atoms with Crippen molar-refractivity contribution in [1.29, 1.82) is 0 Å². The van der Waals surface area contributed by atoms with Gasteiger partial charge in [0.1, 0.15) is 11.2 Å². The summed E-state index contributed by atoms with van der Waals surface area (Å²) in [5.41, 5.74) is 16.7. The molecule has 3 heterocycles. The average molecular weight is 780 g/mol. The van der Waals surface area contributed by atoms with Crippen molar-refractivity contribution in [3.8, 4) is 50.6 Å². The molecule has 0 fully saturated rings. The SMILES string of the molecule is CC1(C)c2ccccc2-c2ccc(-c3nc(-n4c5ccccc5c5c6ccc(-c7ccc(-c8cccc9c8oc8ccccc89)cc7)cc6ccc54)nc4ccccc34)cc21. The molecule has 3 aromatic heterocycles. The summed E-state index contributed by atoms with van der Waals surface area (Å²) in [4.78, 5) is 10.7. The molecule has 61 heavy (non-hydrogen) atoms. The van der Waals surface area contributed by atoms with E-state index in [1.165, 1.54) is 54.9 Å². The van der Waals surface area contributed by atoms with Gasteiger partial charge in [0.25, 0.3) is 0 Å². The Morgan fingerprint density at radius 2 is 1.13 bits per heavy atom. The Labute approximate surface area is 352 Å². The number of aromatic nitrogens is 3. The molecular weight excluding hydrogens is 743 g/mol. The Kier molecular flexibility index (Phi) is 7.04. The van der Waals surface area contributed by atoms with Crippen LogP contribution >= 0.6 is 0 Å². The van der Waals surface area contributed by atoms with Gasteiger partial charge in [-0.2, -0.15) is 0 Å². The fourth-order valence-corrected chi connectivity index (χ4v) is 10.2. The molecule has 4 nitrogen and oxygen atoms in total. The van der Waals surface area contributed by atoms with E-state index in [0.29, 0.717) is 5.95 Å². The zero-order valence-corrected chi connectivity index (χ0v) is 33.6. The van der Waals surface area contributed by atoms with Crippen molar-refractivity contribution in [1.82, 2.24) is 14.5 Å². The monoisotopic (exact) mass is 779 g/mol. The van der Waals surface area contributed by atoms with Gasteiger partial charge in [-0.1, -0.05) is 166 Å². The first kappa shape index (κ1) is 34.1. The molecule has 0 aliphatic heterocycles. The molecule has 12 aromatic rings. The van der Waals surface area contributed by atoms with Crippen LogP contribution in [0.5, 0.6) is 0 Å². The lowest BCUT2D eigenvalue weighted by Crippen LogP contribution is -2.15. The summed E-state index contributed by atoms with van der Waals surface area (Å²) in [6.07, 6.45) is 0. The summed E-state index contributed by atoms with van der Waals surface area (Å²) in [6, 6.07) is 67.6. The van der Waals surface area contributed by atoms with Crippen LogP contribution in [0.25, 0.3) is 116 Å². The highest BCUT2D eigenvalue weighted by Crippen LogP contribution is 2.50. The van der Waals surface area contributed by atoms with Gasteiger partial charge in [-0.05, 0) is 86.1 Å². The summed E-state index contributed by atoms with van der Waals surface area (Å²) < 4.78 is 8.62. The highest BCUT2D eigenvalue weighted by molar-refractivity contribution is 6.21. The number of fused-ring (bicyclic) bond motifs is 12. The molecular formula is C57H37N3O. The van der Waals surface area contributed by atoms with Crippen LogP contribution in [0.15, 0.2) is 192 Å². The minimum absolute atomic E-state index is 0.115. The first-order valence-electron chi connectivity index (χ1n) is 21.0. The van der Waals surface area contributed by atoms with Crippen molar-refractivity contribution in [2.75, 3.05) is 0 Å². The van der Waals surface area contributed by atoms with Crippen LogP contribution in [0, 0.1) is 0 Å². The van der Waals surface area contributed by atoms with Crippen molar-refractivity contribution in [3.05, 3.63) is 199 Å². The van der Waals surface area contributed by atoms with Gasteiger partial charge in [0.2, 0.25) is 5.95 Å². The van der Waals surface area contributed by atoms with Crippen LogP contribution in [-0.2, 0) is 5.41 Å². The van der Waals surface area contributed by atoms with Crippen LogP contribution in [0.1, 0.15) is 25.0 Å². The Morgan fingerprint density at radius 3 is 2.03 bits per heavy atom. The molecule has 0 saturated carbocycles. The van der Waals surface area contributed by atoms with E-state index >= 15 is 0 Å². The average Bonchev–Trinajstić information content (AvgIpc) is 3.94. The molecule has 9 aromatic carbocycles. The Hall–Kier alpha value is -7.82. The lowest BCUT2D eigenvalue weighted by Gasteiger charge is -2.22. The third-order valence-electron chi connectivity index (χ3n) is 13.2. The Bertz CT molecular complexity index is 3790. The van der Waals surface area contributed by atoms with E-state index < -0.39 is 0 Å². The number of hydrogen-bond donors (Lipinski definition) is 0. The molecule has 4 heteroatoms. The number of nitrogens with zero attached hydrogens (tertiary/aromatic N) is 3. The molecule has 0 saturated heterocycles. The number of rotatable bonds is 4. The van der Waals surface area contributed by atoms with Crippen molar-refractivity contribution >= 4 is 65.4 Å². The van der Waals surface area contributed by atoms with Crippen molar-refractivity contribution in [2.24, 2.45) is 0 Å². The van der Waals surface area contributed by atoms with Crippen molar-refractivity contribution < 1.29 is 4.42 Å². The Balaban J connectivity index is 0.929. The van der Waals surface area contributed by atoms with Gasteiger partial charge in [0.05, 0.1) is 22.2 Å². The predicted octanol–water partition coefficient (Wildman–Crippen LogP) is 15.1. The second-order valence-corrected chi connectivity index (χ2v) is 16.9. The highest BCUT2D eigenvalue weighted by Gasteiger charge is 2.35. The summed E-state index contributed by atoms with van der Waals surface area (Å²) in [6.45, 7) is 4.66. The van der Waals surface area contributed by atoms with E-state index in [0.717, 1.165) is 66.3 Å². The maximum atomic E-state index is 6.36. The number of para-hydroxylation sites is 4. The van der Waals surface area contributed by atoms with E-state index in [1.54, 1.807) is 0 Å². The van der Waals surface area contributed by atoms with Crippen molar-refractivity contribution in [3.63, 3.8) is 0 Å². The summed E-state index contributed by atoms with van der Waals surface area (Å²) in [5, 5.41) is 8.08. The second-order valence-electron chi connectivity index (χ2n) is 16.9. The van der Waals surface area contributed by atoms with Crippen LogP contribution in [0.2, 0.25) is 0 Å². The lowest BCUT2D eigenvalue weighted by atomic mass is 9.82. The van der Waals surface area contributed by atoms with Gasteiger partial charge in [0.15, 0.2) is 0 Å². The van der Waals surface area contributed by atoms with Crippen LogP contribution < -0.4 is 0 Å². The molecule has 0 bridgehead atoms. The summed E-state index contributed by atoms with van der Waals surface area (Å²) in [5.74, 6) is 0.664. The molecule has 0 unspecified atom stereocenters. The first-order valence-corrected chi connectivity index (χ1v) is 21.0. The van der Waals surface area contributed by atoms with Gasteiger partial charge in [-0.15, -0.1) is 0 Å². The largest absolute Gasteiger partial charge is 0.455 e. The third kappa shape index (κ3) is 4.93. The first-order chi connectivity index (χ1) is 30.0. The van der Waals surface area contributed by atoms with Gasteiger partial charge < -0.3 is 4.42 Å². The van der Waals surface area contributed by atoms with E-state index in [9.17, 15) is 0 Å². The van der Waals surface area contributed by atoms with E-state index in [-0.39, 0.29) is 5.41 Å². The maximum absolute atomic E-state index is 6.36. The minimum atomic E-state index is -0.115. The van der Waals surface area contributed by atoms with Crippen LogP contribution in [0.3, 0.4) is 0 Å². The molecule has 0 atom stereocenters. The standard InChI is InChI=1S/C57H37N3O/c1-57(2)47-18-7-3-12-41(47)42-30-27-38(33-48(42)57)54-45-14-4-8-19-49(45)58-56(59-54)60-50-20-9-5-15-46(50)53-39-29-26-36(32-37(39)28-31-51(53)60)34-22-24-35(25-23-34)40-16-11-17-44-43-13-6-10-21-52(43)61-55(40)44/h3-33H,1-2H3. The molecule has 1 aliphatic rings. The zero-order chi connectivity index (χ0) is 40.4. The topological polar surface area (TPSA) is 43.9 Å². The smallest absolute Gasteiger partial charge is 0.235 e. The number of furan rings is 1. The van der Waals surface area contributed by atoms with Gasteiger partial charge in [0, 0.05) is 43.5 Å². The summed E-state index contributed by atoms with van der Waals surface area (Å²) in [7, 11) is 0. The third-order valence-corrected chi connectivity index (χ3v) is 13.2. The molecule has 13 rings (SSSR count). The molecule has 1 aliphatic carbocycles. The van der Waals surface area contributed by atoms with Gasteiger partial charge in [-0.25, -0.2) is 9.97 Å². The molecule has 0 radical (unpaired) electrons. The second kappa shape index (κ2) is 12.6. The predicted molar refractivity (Wildman–Crippen MR) is 253 cm³/mol. The van der Waals surface area contributed by atoms with E-state index in [2.05, 4.69) is 194 Å². The van der Waals surface area contributed by atoms with Gasteiger partial charge >= 0.3 is 0 Å². The van der Waals surface area contributed by atoms with Gasteiger partial charge in [-0.3, -0.25) is 4.57 Å². The zero-order valence-electron chi connectivity index (χ0n) is 33.6. The van der Waals surface area contributed by atoms with Crippen LogP contribution in [-0.4, -0.2) is 14.5 Å². The molecule has 0 amide bonds.